The van der Waals surface area contributed by atoms with E-state index in [1.54, 1.807) is 0 Å². The Morgan fingerprint density at radius 3 is 2.45 bits per heavy atom. The molecule has 2 atom stereocenters. The maximum atomic E-state index is 11.9. The highest BCUT2D eigenvalue weighted by atomic mass is 35.5. The Morgan fingerprint density at radius 2 is 1.85 bits per heavy atom. The van der Waals surface area contributed by atoms with Crippen molar-refractivity contribution in [3.63, 3.8) is 0 Å². The van der Waals surface area contributed by atoms with E-state index >= 15 is 0 Å². The summed E-state index contributed by atoms with van der Waals surface area (Å²) in [6, 6.07) is 7.52. The van der Waals surface area contributed by atoms with Gasteiger partial charge in [0.25, 0.3) is 0 Å². The number of halogens is 1. The summed E-state index contributed by atoms with van der Waals surface area (Å²) in [4.78, 5) is 22.8. The van der Waals surface area contributed by atoms with E-state index in [0.717, 1.165) is 12.0 Å². The first-order chi connectivity index (χ1) is 9.56. The Balaban J connectivity index is 1.73. The van der Waals surface area contributed by atoms with Gasteiger partial charge in [-0.15, -0.1) is 0 Å². The fourth-order valence-electron chi connectivity index (χ4n) is 2.57. The van der Waals surface area contributed by atoms with Crippen LogP contribution in [0.3, 0.4) is 0 Å². The molecule has 108 valence electrons. The van der Waals surface area contributed by atoms with Crippen LogP contribution in [0.15, 0.2) is 24.3 Å². The monoisotopic (exact) mass is 295 g/mol. The van der Waals surface area contributed by atoms with Crippen LogP contribution in [0.4, 0.5) is 0 Å². The highest BCUT2D eigenvalue weighted by Crippen LogP contribution is 2.31. The molecule has 0 spiro atoms. The van der Waals surface area contributed by atoms with Gasteiger partial charge < -0.3 is 10.4 Å². The van der Waals surface area contributed by atoms with Gasteiger partial charge in [0, 0.05) is 17.5 Å². The third-order valence-corrected chi connectivity index (χ3v) is 4.03. The van der Waals surface area contributed by atoms with Gasteiger partial charge in [-0.25, -0.2) is 0 Å². The van der Waals surface area contributed by atoms with E-state index in [2.05, 4.69) is 5.32 Å². The summed E-state index contributed by atoms with van der Waals surface area (Å²) in [7, 11) is 0. The maximum absolute atomic E-state index is 11.9. The number of carbonyl (C=O) groups excluding carboxylic acids is 1. The van der Waals surface area contributed by atoms with Crippen molar-refractivity contribution in [2.24, 2.45) is 11.8 Å². The third-order valence-electron chi connectivity index (χ3n) is 3.78. The topological polar surface area (TPSA) is 66.4 Å². The highest BCUT2D eigenvalue weighted by Gasteiger charge is 2.33. The molecule has 20 heavy (non-hydrogen) atoms. The molecular weight excluding hydrogens is 278 g/mol. The van der Waals surface area contributed by atoms with Crippen molar-refractivity contribution < 1.29 is 14.7 Å². The number of carboxylic acid groups (broad SMARTS) is 1. The lowest BCUT2D eigenvalue weighted by Gasteiger charge is -2.10. The average Bonchev–Trinajstić information content (AvgIpc) is 2.91. The van der Waals surface area contributed by atoms with Crippen LogP contribution >= 0.6 is 11.6 Å². The molecule has 1 aromatic carbocycles. The first kappa shape index (κ1) is 14.9. The molecule has 2 rings (SSSR count). The lowest BCUT2D eigenvalue weighted by atomic mass is 10.0. The van der Waals surface area contributed by atoms with Gasteiger partial charge in [0.15, 0.2) is 0 Å². The van der Waals surface area contributed by atoms with Crippen molar-refractivity contribution in [2.45, 2.75) is 25.7 Å². The second-order valence-corrected chi connectivity index (χ2v) is 5.65. The second-order valence-electron chi connectivity index (χ2n) is 5.21. The van der Waals surface area contributed by atoms with Crippen LogP contribution in [0, 0.1) is 11.8 Å². The van der Waals surface area contributed by atoms with Crippen LogP contribution in [0.25, 0.3) is 0 Å². The predicted octanol–water partition coefficient (Wildman–Crippen LogP) is 2.50. The molecular formula is C15H18ClNO3. The molecule has 0 unspecified atom stereocenters. The maximum Gasteiger partial charge on any atom is 0.306 e. The molecule has 1 aliphatic rings. The normalized spacial score (nSPS) is 21.6. The molecule has 4 nitrogen and oxygen atoms in total. The molecule has 5 heteroatoms. The number of benzene rings is 1. The summed E-state index contributed by atoms with van der Waals surface area (Å²) < 4.78 is 0. The lowest BCUT2D eigenvalue weighted by Crippen LogP contribution is -2.31. The lowest BCUT2D eigenvalue weighted by molar-refractivity contribution is -0.141. The standard InChI is InChI=1S/C15H18ClNO3/c16-13-5-1-10(2-6-13)7-8-17-14(18)11-3-4-12(9-11)15(19)20/h1-2,5-6,11-12H,3-4,7-9H2,(H,17,18)(H,19,20)/t11-,12+/m1/s1. The van der Waals surface area contributed by atoms with E-state index in [9.17, 15) is 9.59 Å². The molecule has 2 N–H and O–H groups in total. The Kier molecular flexibility index (Phi) is 5.01. The molecule has 0 bridgehead atoms. The number of hydrogen-bond donors (Lipinski definition) is 2. The SMILES string of the molecule is O=C(O)[C@H]1CC[C@@H](C(=O)NCCc2ccc(Cl)cc2)C1. The summed E-state index contributed by atoms with van der Waals surface area (Å²) in [5, 5.41) is 12.5. The van der Waals surface area contributed by atoms with E-state index in [0.29, 0.717) is 30.8 Å². The first-order valence-electron chi connectivity index (χ1n) is 6.81. The van der Waals surface area contributed by atoms with Crippen molar-refractivity contribution in [3.05, 3.63) is 34.9 Å². The molecule has 1 fully saturated rings. The van der Waals surface area contributed by atoms with Gasteiger partial charge in [0.2, 0.25) is 5.91 Å². The largest absolute Gasteiger partial charge is 0.481 e. The van der Waals surface area contributed by atoms with Crippen molar-refractivity contribution in [1.29, 1.82) is 0 Å². The minimum atomic E-state index is -0.790. The van der Waals surface area contributed by atoms with Crippen molar-refractivity contribution in [1.82, 2.24) is 5.32 Å². The summed E-state index contributed by atoms with van der Waals surface area (Å²) in [5.74, 6) is -1.33. The Labute approximate surface area is 123 Å². The molecule has 0 heterocycles. The minimum Gasteiger partial charge on any atom is -0.481 e. The fraction of sp³-hybridized carbons (Fsp3) is 0.467. The second kappa shape index (κ2) is 6.75. The summed E-state index contributed by atoms with van der Waals surface area (Å²) >= 11 is 5.80. The van der Waals surface area contributed by atoms with Gasteiger partial charge in [0.1, 0.15) is 0 Å². The van der Waals surface area contributed by atoms with Crippen molar-refractivity contribution in [3.8, 4) is 0 Å². The first-order valence-corrected chi connectivity index (χ1v) is 7.19. The van der Waals surface area contributed by atoms with Gasteiger partial charge in [-0.05, 0) is 43.4 Å². The summed E-state index contributed by atoms with van der Waals surface area (Å²) in [6.45, 7) is 0.564. The number of nitrogens with one attached hydrogen (secondary N) is 1. The Hall–Kier alpha value is -1.55. The third kappa shape index (κ3) is 3.97. The van der Waals surface area contributed by atoms with E-state index in [1.807, 2.05) is 24.3 Å². The van der Waals surface area contributed by atoms with Crippen LogP contribution in [0.2, 0.25) is 5.02 Å². The average molecular weight is 296 g/mol. The van der Waals surface area contributed by atoms with Crippen LogP contribution in [-0.4, -0.2) is 23.5 Å². The zero-order valence-corrected chi connectivity index (χ0v) is 11.9. The number of rotatable bonds is 5. The van der Waals surface area contributed by atoms with Crippen molar-refractivity contribution in [2.75, 3.05) is 6.54 Å². The molecule has 1 aromatic rings. The molecule has 0 aliphatic heterocycles. The smallest absolute Gasteiger partial charge is 0.306 e. The highest BCUT2D eigenvalue weighted by molar-refractivity contribution is 6.30. The van der Waals surface area contributed by atoms with Crippen molar-refractivity contribution >= 4 is 23.5 Å². The Morgan fingerprint density at radius 1 is 1.20 bits per heavy atom. The Bertz CT molecular complexity index is 486. The fourth-order valence-corrected chi connectivity index (χ4v) is 2.70. The molecule has 0 aromatic heterocycles. The molecule has 1 amide bonds. The predicted molar refractivity (Wildman–Crippen MR) is 76.6 cm³/mol. The van der Waals surface area contributed by atoms with Crippen LogP contribution in [0.5, 0.6) is 0 Å². The van der Waals surface area contributed by atoms with E-state index in [-0.39, 0.29) is 17.7 Å². The molecule has 0 saturated heterocycles. The van der Waals surface area contributed by atoms with Crippen LogP contribution < -0.4 is 5.32 Å². The number of carbonyl (C=O) groups is 2. The summed E-state index contributed by atoms with van der Waals surface area (Å²) in [5.41, 5.74) is 1.12. The van der Waals surface area contributed by atoms with Gasteiger partial charge in [-0.1, -0.05) is 23.7 Å². The van der Waals surface area contributed by atoms with Crippen LogP contribution in [-0.2, 0) is 16.0 Å². The molecule has 1 saturated carbocycles. The molecule has 1 aliphatic carbocycles. The van der Waals surface area contributed by atoms with Gasteiger partial charge in [-0.3, -0.25) is 9.59 Å². The number of amides is 1. The van der Waals surface area contributed by atoms with E-state index in [4.69, 9.17) is 16.7 Å². The molecule has 0 radical (unpaired) electrons. The number of hydrogen-bond acceptors (Lipinski definition) is 2. The van der Waals surface area contributed by atoms with E-state index in [1.165, 1.54) is 0 Å². The minimum absolute atomic E-state index is 0.0253. The zero-order valence-electron chi connectivity index (χ0n) is 11.1. The van der Waals surface area contributed by atoms with Gasteiger partial charge >= 0.3 is 5.97 Å². The quantitative estimate of drug-likeness (QED) is 0.877. The number of aliphatic carboxylic acids is 1. The summed E-state index contributed by atoms with van der Waals surface area (Å²) in [6.07, 6.45) is 2.48. The zero-order chi connectivity index (χ0) is 14.5. The van der Waals surface area contributed by atoms with Crippen LogP contribution in [0.1, 0.15) is 24.8 Å². The van der Waals surface area contributed by atoms with Gasteiger partial charge in [0.05, 0.1) is 5.92 Å². The van der Waals surface area contributed by atoms with Gasteiger partial charge in [-0.2, -0.15) is 0 Å². The van der Waals surface area contributed by atoms with E-state index < -0.39 is 5.97 Å². The number of carboxylic acids is 1.